The molecule has 312 valence electrons. The molecule has 0 bridgehead atoms. The fourth-order valence-electron chi connectivity index (χ4n) is 6.16. The summed E-state index contributed by atoms with van der Waals surface area (Å²) in [6.07, 6.45) is 48.3. The maximum Gasteiger partial charge on any atom is -0.0323 e. The number of allylic oxidation sites excluding steroid dienone is 4. The van der Waals surface area contributed by atoms with Crippen LogP contribution >= 0.6 is 0 Å². The second-order valence-electron chi connectivity index (χ2n) is 16.1. The fraction of sp³-hybridized carbons (Fsp3) is 0.846. The van der Waals surface area contributed by atoms with Crippen LogP contribution in [0.25, 0.3) is 0 Å². The quantitative estimate of drug-likeness (QED) is 0.0445. The Bertz CT molecular complexity index is 693. The van der Waals surface area contributed by atoms with E-state index in [-0.39, 0.29) is 0 Å². The molecule has 0 aliphatic heterocycles. The van der Waals surface area contributed by atoms with Crippen molar-refractivity contribution in [2.45, 2.75) is 287 Å². The average Bonchev–Trinajstić information content (AvgIpc) is 3.14. The van der Waals surface area contributed by atoms with E-state index in [9.17, 15) is 0 Å². The topological polar surface area (TPSA) is 0 Å². The summed E-state index contributed by atoms with van der Waals surface area (Å²) in [7, 11) is 0. The molecule has 0 atom stereocenters. The van der Waals surface area contributed by atoms with E-state index in [1.807, 2.05) is 0 Å². The lowest BCUT2D eigenvalue weighted by Crippen LogP contribution is -1.84. The van der Waals surface area contributed by atoms with Crippen LogP contribution in [0.1, 0.15) is 287 Å². The maximum absolute atomic E-state index is 4.14. The van der Waals surface area contributed by atoms with Crippen LogP contribution in [-0.4, -0.2) is 0 Å². The Morgan fingerprint density at radius 1 is 0.192 bits per heavy atom. The highest BCUT2D eigenvalue weighted by atomic mass is 14.0. The first-order chi connectivity index (χ1) is 25.2. The predicted octanol–water partition coefficient (Wildman–Crippen LogP) is 20.4. The zero-order valence-corrected chi connectivity index (χ0v) is 38.3. The Morgan fingerprint density at radius 2 is 0.327 bits per heavy atom. The van der Waals surface area contributed by atoms with E-state index in [1.165, 1.54) is 253 Å². The van der Waals surface area contributed by atoms with Crippen LogP contribution in [0.2, 0.25) is 0 Å². The molecule has 0 amide bonds. The van der Waals surface area contributed by atoms with Crippen molar-refractivity contribution in [3.63, 3.8) is 0 Å². The average molecular weight is 729 g/mol. The van der Waals surface area contributed by atoms with Gasteiger partial charge in [-0.15, -0.1) is 0 Å². The summed E-state index contributed by atoms with van der Waals surface area (Å²) >= 11 is 0. The molecule has 0 heteroatoms. The van der Waals surface area contributed by atoms with Gasteiger partial charge in [-0.1, -0.05) is 232 Å². The van der Waals surface area contributed by atoms with Gasteiger partial charge in [0.25, 0.3) is 0 Å². The summed E-state index contributed by atoms with van der Waals surface area (Å²) < 4.78 is 0. The number of unbranched alkanes of at least 4 members (excludes halogenated alkanes) is 20. The summed E-state index contributed by atoms with van der Waals surface area (Å²) in [4.78, 5) is 0. The highest BCUT2D eigenvalue weighted by Gasteiger charge is 1.97. The Labute approximate surface area is 334 Å². The van der Waals surface area contributed by atoms with Crippen molar-refractivity contribution in [1.82, 2.24) is 0 Å². The molecule has 0 aromatic heterocycles. The maximum atomic E-state index is 4.14. The molecule has 0 aliphatic carbocycles. The first-order valence-corrected chi connectivity index (χ1v) is 23.9. The van der Waals surface area contributed by atoms with Crippen LogP contribution in [-0.2, 0) is 0 Å². The van der Waals surface area contributed by atoms with Crippen molar-refractivity contribution in [3.8, 4) is 0 Å². The Morgan fingerprint density at radius 3 is 0.538 bits per heavy atom. The van der Waals surface area contributed by atoms with Gasteiger partial charge in [0.05, 0.1) is 0 Å². The van der Waals surface area contributed by atoms with Crippen molar-refractivity contribution in [3.05, 3.63) is 48.6 Å². The predicted molar refractivity (Wildman–Crippen MR) is 248 cm³/mol. The summed E-state index contributed by atoms with van der Waals surface area (Å²) in [6, 6.07) is 0. The van der Waals surface area contributed by atoms with E-state index < -0.39 is 0 Å². The molecule has 0 aromatic carbocycles. The van der Waals surface area contributed by atoms with Gasteiger partial charge in [-0.05, 0) is 103 Å². The van der Waals surface area contributed by atoms with Crippen molar-refractivity contribution < 1.29 is 0 Å². The van der Waals surface area contributed by atoms with Crippen LogP contribution in [0.5, 0.6) is 0 Å². The van der Waals surface area contributed by atoms with Crippen LogP contribution in [0, 0.1) is 0 Å². The summed E-state index contributed by atoms with van der Waals surface area (Å²) in [5, 5.41) is 0. The van der Waals surface area contributed by atoms with Gasteiger partial charge in [0.1, 0.15) is 0 Å². The molecule has 0 nitrogen and oxygen atoms in total. The fourth-order valence-corrected chi connectivity index (χ4v) is 6.16. The smallest absolute Gasteiger partial charge is 0.0323 e. The number of hydrogen-bond acceptors (Lipinski definition) is 0. The third-order valence-electron chi connectivity index (χ3n) is 10.1. The Hall–Kier alpha value is -1.04. The molecule has 0 N–H and O–H groups in total. The lowest BCUT2D eigenvalue weighted by Gasteiger charge is -2.04. The lowest BCUT2D eigenvalue weighted by molar-refractivity contribution is 0.616. The molecule has 0 aliphatic rings. The van der Waals surface area contributed by atoms with Gasteiger partial charge in [-0.3, -0.25) is 0 Å². The second kappa shape index (κ2) is 54.3. The van der Waals surface area contributed by atoms with Gasteiger partial charge in [-0.25, -0.2) is 0 Å². The normalized spacial score (nSPS) is 10.3. The number of rotatable bonds is 36. The van der Waals surface area contributed by atoms with Gasteiger partial charge in [-0.2, -0.15) is 0 Å². The standard InChI is InChI=1S/C14H28.2C13H26.C12H24/c1-4-6-8-9-11-13-14(3)12-10-7-5-2;1-4-6-8-9-10-12-13(3)11-7-5-2;1-4-6-8-10-12-13(3)11-9-7-5-2;1-4-6-8-9-11-12(3)10-7-5-2/h3-13H2,1-2H3;2*3-12H2,1-2H3;3-11H2,1-2H3. The van der Waals surface area contributed by atoms with E-state index in [1.54, 1.807) is 0 Å². The number of hydrogen-bond donors (Lipinski definition) is 0. The Kier molecular flexibility index (Phi) is 60.2. The van der Waals surface area contributed by atoms with Gasteiger partial charge >= 0.3 is 0 Å². The van der Waals surface area contributed by atoms with Crippen molar-refractivity contribution in [2.24, 2.45) is 0 Å². The molecular formula is C52H104. The largest absolute Gasteiger partial charge is 0.0999 e. The van der Waals surface area contributed by atoms with Crippen molar-refractivity contribution in [2.75, 3.05) is 0 Å². The molecule has 0 saturated carbocycles. The molecular weight excluding hydrogens is 625 g/mol. The van der Waals surface area contributed by atoms with Crippen molar-refractivity contribution in [1.29, 1.82) is 0 Å². The Balaban J connectivity index is -0.000000296. The van der Waals surface area contributed by atoms with E-state index in [4.69, 9.17) is 0 Å². The SMILES string of the molecule is C=C(CCCC)CCCCCC.C=C(CCCC)CCCCCCC.C=C(CCCCC)CCCCCC.C=C(CCCCC)CCCCCCC. The minimum absolute atomic E-state index is 1.25. The first kappa shape index (κ1) is 57.7. The molecule has 0 unspecified atom stereocenters. The van der Waals surface area contributed by atoms with Gasteiger partial charge in [0.15, 0.2) is 0 Å². The van der Waals surface area contributed by atoms with Crippen molar-refractivity contribution >= 4 is 0 Å². The zero-order valence-electron chi connectivity index (χ0n) is 38.3. The molecule has 0 saturated heterocycles. The summed E-state index contributed by atoms with van der Waals surface area (Å²) in [5.41, 5.74) is 5.89. The third-order valence-corrected chi connectivity index (χ3v) is 10.1. The van der Waals surface area contributed by atoms with E-state index in [0.717, 1.165) is 0 Å². The molecule has 0 radical (unpaired) electrons. The van der Waals surface area contributed by atoms with E-state index >= 15 is 0 Å². The molecule has 0 fully saturated rings. The van der Waals surface area contributed by atoms with E-state index in [2.05, 4.69) is 81.7 Å². The van der Waals surface area contributed by atoms with Gasteiger partial charge < -0.3 is 0 Å². The second-order valence-corrected chi connectivity index (χ2v) is 16.1. The van der Waals surface area contributed by atoms with Gasteiger partial charge in [0, 0.05) is 0 Å². The summed E-state index contributed by atoms with van der Waals surface area (Å²) in [5.74, 6) is 0. The third kappa shape index (κ3) is 61.0. The van der Waals surface area contributed by atoms with Crippen LogP contribution in [0.15, 0.2) is 48.6 Å². The molecule has 0 aromatic rings. The minimum atomic E-state index is 1.25. The minimum Gasteiger partial charge on any atom is -0.0999 e. The molecule has 52 heavy (non-hydrogen) atoms. The highest BCUT2D eigenvalue weighted by molar-refractivity contribution is 4.95. The molecule has 0 rings (SSSR count). The summed E-state index contributed by atoms with van der Waals surface area (Å²) in [6.45, 7) is 34.5. The first-order valence-electron chi connectivity index (χ1n) is 23.9. The van der Waals surface area contributed by atoms with Crippen LogP contribution in [0.4, 0.5) is 0 Å². The lowest BCUT2D eigenvalue weighted by atomic mass is 10.0. The van der Waals surface area contributed by atoms with Crippen LogP contribution < -0.4 is 0 Å². The molecule has 0 spiro atoms. The highest BCUT2D eigenvalue weighted by Crippen LogP contribution is 2.17. The monoisotopic (exact) mass is 729 g/mol. The van der Waals surface area contributed by atoms with Gasteiger partial charge in [0.2, 0.25) is 0 Å². The van der Waals surface area contributed by atoms with E-state index in [0.29, 0.717) is 0 Å². The zero-order chi connectivity index (χ0) is 39.8. The molecule has 0 heterocycles. The van der Waals surface area contributed by atoms with Crippen LogP contribution in [0.3, 0.4) is 0 Å².